The van der Waals surface area contributed by atoms with Gasteiger partial charge >= 0.3 is 23.9 Å². The molecule has 0 aliphatic rings. The SMILES string of the molecule is N[C@H](Cc1ccc2ccccc2c1)C(=O)NOc1ccc(CNC(=O)CN(CCN(CC(=O)O)CC(=O)O)CCN(CC(=O)O)CC(=O)O)cc1. The van der Waals surface area contributed by atoms with Gasteiger partial charge < -0.3 is 36.3 Å². The number of carbonyl (C=O) groups excluding carboxylic acids is 2. The van der Waals surface area contributed by atoms with E-state index in [0.717, 1.165) is 26.1 Å². The molecule has 0 aliphatic carbocycles. The molecular formula is C34H42N6O11. The van der Waals surface area contributed by atoms with Crippen molar-refractivity contribution in [3.8, 4) is 5.75 Å². The summed E-state index contributed by atoms with van der Waals surface area (Å²) in [7, 11) is 0. The lowest BCUT2D eigenvalue weighted by Gasteiger charge is -2.28. The van der Waals surface area contributed by atoms with Crippen LogP contribution in [-0.4, -0.2) is 136 Å². The Labute approximate surface area is 293 Å². The van der Waals surface area contributed by atoms with Gasteiger partial charge in [0.2, 0.25) is 5.91 Å². The topological polar surface area (TPSA) is 252 Å². The van der Waals surface area contributed by atoms with Crippen LogP contribution in [0.25, 0.3) is 10.8 Å². The first-order chi connectivity index (χ1) is 24.3. The van der Waals surface area contributed by atoms with Crippen LogP contribution in [0.15, 0.2) is 66.7 Å². The quantitative estimate of drug-likeness (QED) is 0.0623. The number of benzene rings is 3. The Hall–Kier alpha value is -5.62. The molecule has 0 radical (unpaired) electrons. The highest BCUT2D eigenvalue weighted by molar-refractivity contribution is 5.84. The number of carboxylic acid groups (broad SMARTS) is 4. The largest absolute Gasteiger partial charge is 0.480 e. The normalized spacial score (nSPS) is 11.8. The molecule has 1 atom stereocenters. The van der Waals surface area contributed by atoms with E-state index in [-0.39, 0.29) is 39.3 Å². The zero-order valence-corrected chi connectivity index (χ0v) is 27.8. The minimum absolute atomic E-state index is 0.0334. The highest BCUT2D eigenvalue weighted by atomic mass is 16.7. The molecule has 0 aliphatic heterocycles. The van der Waals surface area contributed by atoms with Crippen molar-refractivity contribution in [2.24, 2.45) is 5.73 Å². The van der Waals surface area contributed by atoms with Crippen molar-refractivity contribution in [2.45, 2.75) is 19.0 Å². The molecule has 51 heavy (non-hydrogen) atoms. The van der Waals surface area contributed by atoms with Crippen LogP contribution in [0, 0.1) is 0 Å². The number of rotatable bonds is 23. The third-order valence-electron chi connectivity index (χ3n) is 7.56. The number of hydroxylamine groups is 1. The smallest absolute Gasteiger partial charge is 0.317 e. The van der Waals surface area contributed by atoms with Crippen molar-refractivity contribution in [3.63, 3.8) is 0 Å². The average molecular weight is 711 g/mol. The van der Waals surface area contributed by atoms with Crippen molar-refractivity contribution in [1.29, 1.82) is 0 Å². The first kappa shape index (κ1) is 39.8. The Bertz CT molecular complexity index is 1600. The molecule has 3 rings (SSSR count). The van der Waals surface area contributed by atoms with Gasteiger partial charge in [0.15, 0.2) is 5.75 Å². The molecule has 0 saturated carbocycles. The van der Waals surface area contributed by atoms with E-state index in [1.165, 1.54) is 0 Å². The molecule has 0 unspecified atom stereocenters. The monoisotopic (exact) mass is 710 g/mol. The minimum atomic E-state index is -1.24. The number of nitrogens with one attached hydrogen (secondary N) is 2. The van der Waals surface area contributed by atoms with Crippen LogP contribution in [0.4, 0.5) is 0 Å². The lowest BCUT2D eigenvalue weighted by Crippen LogP contribution is -2.47. The second-order valence-electron chi connectivity index (χ2n) is 11.8. The molecule has 0 heterocycles. The van der Waals surface area contributed by atoms with E-state index >= 15 is 0 Å². The van der Waals surface area contributed by atoms with Crippen LogP contribution in [0.5, 0.6) is 5.75 Å². The van der Waals surface area contributed by atoms with Gasteiger partial charge in [0.25, 0.3) is 5.91 Å². The number of hydrogen-bond acceptors (Lipinski definition) is 11. The lowest BCUT2D eigenvalue weighted by molar-refractivity contribution is -0.143. The van der Waals surface area contributed by atoms with Crippen molar-refractivity contribution < 1.29 is 54.0 Å². The van der Waals surface area contributed by atoms with Crippen LogP contribution in [0.1, 0.15) is 11.1 Å². The second-order valence-corrected chi connectivity index (χ2v) is 11.8. The number of aliphatic carboxylic acids is 4. The first-order valence-electron chi connectivity index (χ1n) is 15.9. The third kappa shape index (κ3) is 15.2. The third-order valence-corrected chi connectivity index (χ3v) is 7.56. The van der Waals surface area contributed by atoms with E-state index in [0.29, 0.717) is 17.7 Å². The summed E-state index contributed by atoms with van der Waals surface area (Å²) in [5.41, 5.74) is 10.0. The van der Waals surface area contributed by atoms with Gasteiger partial charge in [-0.1, -0.05) is 54.6 Å². The molecule has 0 aromatic heterocycles. The van der Waals surface area contributed by atoms with Gasteiger partial charge in [-0.15, -0.1) is 0 Å². The number of carboxylic acids is 4. The van der Waals surface area contributed by atoms with Gasteiger partial charge in [-0.2, -0.15) is 5.48 Å². The average Bonchev–Trinajstić information content (AvgIpc) is 3.06. The molecule has 0 spiro atoms. The molecule has 17 heteroatoms. The van der Waals surface area contributed by atoms with Gasteiger partial charge in [-0.3, -0.25) is 43.5 Å². The van der Waals surface area contributed by atoms with Gasteiger partial charge in [0, 0.05) is 32.7 Å². The Morgan fingerprint density at radius 1 is 0.627 bits per heavy atom. The fourth-order valence-electron chi connectivity index (χ4n) is 5.06. The fraction of sp³-hybridized carbons (Fsp3) is 0.353. The van der Waals surface area contributed by atoms with E-state index in [1.54, 1.807) is 29.2 Å². The molecule has 2 amide bonds. The standard InChI is InChI=1S/C34H42N6O11/c35-28(16-24-5-8-25-3-1-2-4-26(25)15-24)34(50)37-51-27-9-6-23(7-10-27)17-36-29(41)18-38(11-13-39(19-30(42)43)20-31(44)45)12-14-40(21-32(46)47)22-33(48)49/h1-10,15,28H,11-14,16-22,35H2,(H,36,41)(H,37,50)(H,42,43)(H,44,45)(H,46,47)(H,48,49)/t28-/m1/s1. The number of amides is 2. The lowest BCUT2D eigenvalue weighted by atomic mass is 10.0. The highest BCUT2D eigenvalue weighted by Crippen LogP contribution is 2.17. The zero-order valence-electron chi connectivity index (χ0n) is 27.8. The Kier molecular flexibility index (Phi) is 15.7. The molecule has 0 fully saturated rings. The summed E-state index contributed by atoms with van der Waals surface area (Å²) in [4.78, 5) is 79.5. The highest BCUT2D eigenvalue weighted by Gasteiger charge is 2.20. The second kappa shape index (κ2) is 20.1. The maximum atomic E-state index is 12.9. The number of nitrogens with two attached hydrogens (primary N) is 1. The number of carbonyl (C=O) groups is 6. The zero-order chi connectivity index (χ0) is 37.3. The Balaban J connectivity index is 1.52. The van der Waals surface area contributed by atoms with Crippen LogP contribution in [0.3, 0.4) is 0 Å². The van der Waals surface area contributed by atoms with Crippen molar-refractivity contribution >= 4 is 46.5 Å². The van der Waals surface area contributed by atoms with E-state index < -0.39 is 67.9 Å². The summed E-state index contributed by atoms with van der Waals surface area (Å²) in [6.07, 6.45) is 0.307. The predicted octanol–water partition coefficient (Wildman–Crippen LogP) is -0.320. The van der Waals surface area contributed by atoms with Crippen molar-refractivity contribution in [3.05, 3.63) is 77.9 Å². The number of nitrogens with zero attached hydrogens (tertiary/aromatic N) is 3. The van der Waals surface area contributed by atoms with Crippen molar-refractivity contribution in [2.75, 3.05) is 58.9 Å². The number of fused-ring (bicyclic) bond motifs is 1. The predicted molar refractivity (Wildman–Crippen MR) is 183 cm³/mol. The summed E-state index contributed by atoms with van der Waals surface area (Å²) in [6.45, 7) is -2.38. The van der Waals surface area contributed by atoms with Crippen molar-refractivity contribution in [1.82, 2.24) is 25.5 Å². The fourth-order valence-corrected chi connectivity index (χ4v) is 5.06. The molecule has 17 nitrogen and oxygen atoms in total. The van der Waals surface area contributed by atoms with E-state index in [1.807, 2.05) is 42.5 Å². The van der Waals surface area contributed by atoms with Crippen LogP contribution >= 0.6 is 0 Å². The molecule has 3 aromatic rings. The van der Waals surface area contributed by atoms with Crippen LogP contribution in [0.2, 0.25) is 0 Å². The molecule has 274 valence electrons. The maximum absolute atomic E-state index is 12.9. The molecule has 0 bridgehead atoms. The van der Waals surface area contributed by atoms with E-state index in [4.69, 9.17) is 31.0 Å². The molecular weight excluding hydrogens is 668 g/mol. The van der Waals surface area contributed by atoms with Gasteiger partial charge in [-0.25, -0.2) is 0 Å². The Morgan fingerprint density at radius 3 is 1.65 bits per heavy atom. The number of hydrogen-bond donors (Lipinski definition) is 7. The minimum Gasteiger partial charge on any atom is -0.480 e. The Morgan fingerprint density at radius 2 is 1.12 bits per heavy atom. The summed E-state index contributed by atoms with van der Waals surface area (Å²) in [6, 6.07) is 19.4. The van der Waals surface area contributed by atoms with E-state index in [9.17, 15) is 28.8 Å². The summed E-state index contributed by atoms with van der Waals surface area (Å²) >= 11 is 0. The molecule has 3 aromatic carbocycles. The van der Waals surface area contributed by atoms with Crippen LogP contribution in [-0.2, 0) is 41.7 Å². The molecule has 0 saturated heterocycles. The van der Waals surface area contributed by atoms with Crippen LogP contribution < -0.4 is 21.4 Å². The maximum Gasteiger partial charge on any atom is 0.317 e. The summed E-state index contributed by atoms with van der Waals surface area (Å²) in [5.74, 6) is -5.60. The molecule has 8 N–H and O–H groups in total. The first-order valence-corrected chi connectivity index (χ1v) is 15.9. The van der Waals surface area contributed by atoms with Gasteiger partial charge in [-0.05, 0) is 40.5 Å². The van der Waals surface area contributed by atoms with E-state index in [2.05, 4.69) is 10.8 Å². The summed E-state index contributed by atoms with van der Waals surface area (Å²) in [5, 5.41) is 41.4. The van der Waals surface area contributed by atoms with Gasteiger partial charge in [0.05, 0.1) is 38.8 Å². The van der Waals surface area contributed by atoms with Gasteiger partial charge in [0.1, 0.15) is 0 Å². The summed E-state index contributed by atoms with van der Waals surface area (Å²) < 4.78 is 0.